The van der Waals surface area contributed by atoms with Gasteiger partial charge in [-0.2, -0.15) is 0 Å². The Hall–Kier alpha value is -1.32. The van der Waals surface area contributed by atoms with Crippen LogP contribution in [-0.4, -0.2) is 20.6 Å². The smallest absolute Gasteiger partial charge is 0.307 e. The Bertz CT molecular complexity index is 381. The molecular formula is C10H14N2O2. The number of carboxylic acids is 1. The largest absolute Gasteiger partial charge is 0.481 e. The summed E-state index contributed by atoms with van der Waals surface area (Å²) >= 11 is 0. The summed E-state index contributed by atoms with van der Waals surface area (Å²) in [5, 5.41) is 9.01. The SMILES string of the molecule is Cn1ccnc1[C@H]1[C@H](C(=O)O)C1(C)C. The van der Waals surface area contributed by atoms with Gasteiger partial charge in [0.05, 0.1) is 5.92 Å². The molecule has 2 rings (SSSR count). The number of imidazole rings is 1. The highest BCUT2D eigenvalue weighted by Gasteiger charge is 2.64. The third kappa shape index (κ3) is 1.06. The Morgan fingerprint density at radius 2 is 2.29 bits per heavy atom. The summed E-state index contributed by atoms with van der Waals surface area (Å²) in [5.41, 5.74) is -0.162. The zero-order valence-corrected chi connectivity index (χ0v) is 8.56. The summed E-state index contributed by atoms with van der Waals surface area (Å²) in [5.74, 6) is -0.0750. The first-order valence-electron chi connectivity index (χ1n) is 4.66. The number of aromatic nitrogens is 2. The average Bonchev–Trinajstić information content (AvgIpc) is 2.42. The lowest BCUT2D eigenvalue weighted by Gasteiger charge is -2.01. The fourth-order valence-electron chi connectivity index (χ4n) is 2.26. The molecule has 2 atom stereocenters. The summed E-state index contributed by atoms with van der Waals surface area (Å²) in [7, 11) is 1.90. The van der Waals surface area contributed by atoms with Crippen LogP contribution in [0.3, 0.4) is 0 Å². The van der Waals surface area contributed by atoms with E-state index in [9.17, 15) is 4.79 Å². The van der Waals surface area contributed by atoms with E-state index in [1.165, 1.54) is 0 Å². The van der Waals surface area contributed by atoms with E-state index in [0.717, 1.165) is 5.82 Å². The van der Waals surface area contributed by atoms with E-state index in [2.05, 4.69) is 4.98 Å². The maximum atomic E-state index is 11.0. The van der Waals surface area contributed by atoms with Crippen LogP contribution in [-0.2, 0) is 11.8 Å². The number of aliphatic carboxylic acids is 1. The van der Waals surface area contributed by atoms with Crippen molar-refractivity contribution in [2.24, 2.45) is 18.4 Å². The average molecular weight is 194 g/mol. The number of carboxylic acid groups (broad SMARTS) is 1. The molecule has 1 saturated carbocycles. The van der Waals surface area contributed by atoms with E-state index >= 15 is 0 Å². The Balaban J connectivity index is 2.32. The molecule has 14 heavy (non-hydrogen) atoms. The molecule has 1 aliphatic carbocycles. The number of nitrogens with zero attached hydrogens (tertiary/aromatic N) is 2. The fourth-order valence-corrected chi connectivity index (χ4v) is 2.26. The standard InChI is InChI=1S/C10H14N2O2/c1-10(2)6(7(10)9(13)14)8-11-4-5-12(8)3/h4-7H,1-3H3,(H,13,14)/t6-,7-/m1/s1. The number of aryl methyl sites for hydroxylation is 1. The first-order chi connectivity index (χ1) is 6.46. The predicted molar refractivity (Wildman–Crippen MR) is 50.9 cm³/mol. The van der Waals surface area contributed by atoms with Gasteiger partial charge in [-0.25, -0.2) is 4.98 Å². The number of hydrogen-bond donors (Lipinski definition) is 1. The Morgan fingerprint density at radius 3 is 2.64 bits per heavy atom. The van der Waals surface area contributed by atoms with Gasteiger partial charge < -0.3 is 9.67 Å². The van der Waals surface area contributed by atoms with Crippen molar-refractivity contribution in [3.05, 3.63) is 18.2 Å². The highest BCUT2D eigenvalue weighted by Crippen LogP contribution is 2.63. The summed E-state index contributed by atoms with van der Waals surface area (Å²) in [6.45, 7) is 3.95. The van der Waals surface area contributed by atoms with Crippen molar-refractivity contribution in [2.75, 3.05) is 0 Å². The van der Waals surface area contributed by atoms with Gasteiger partial charge in [0.1, 0.15) is 5.82 Å². The number of rotatable bonds is 2. The summed E-state index contributed by atoms with van der Waals surface area (Å²) < 4.78 is 1.90. The van der Waals surface area contributed by atoms with Crippen LogP contribution in [0.1, 0.15) is 25.6 Å². The van der Waals surface area contributed by atoms with E-state index < -0.39 is 5.97 Å². The van der Waals surface area contributed by atoms with Crippen molar-refractivity contribution >= 4 is 5.97 Å². The zero-order valence-electron chi connectivity index (χ0n) is 8.56. The van der Waals surface area contributed by atoms with Gasteiger partial charge in [-0.15, -0.1) is 0 Å². The molecule has 76 valence electrons. The lowest BCUT2D eigenvalue weighted by atomic mass is 10.1. The predicted octanol–water partition coefficient (Wildman–Crippen LogP) is 1.24. The zero-order chi connectivity index (χ0) is 10.5. The van der Waals surface area contributed by atoms with E-state index in [1.54, 1.807) is 6.20 Å². The summed E-state index contributed by atoms with van der Waals surface area (Å²) in [6.07, 6.45) is 3.56. The van der Waals surface area contributed by atoms with E-state index in [1.807, 2.05) is 31.7 Å². The molecule has 0 bridgehead atoms. The lowest BCUT2D eigenvalue weighted by molar-refractivity contribution is -0.139. The van der Waals surface area contributed by atoms with Crippen molar-refractivity contribution in [3.8, 4) is 0 Å². The second-order valence-corrected chi connectivity index (χ2v) is 4.51. The topological polar surface area (TPSA) is 55.1 Å². The molecule has 0 amide bonds. The minimum Gasteiger partial charge on any atom is -0.481 e. The van der Waals surface area contributed by atoms with E-state index in [0.29, 0.717) is 0 Å². The molecule has 0 radical (unpaired) electrons. The number of hydrogen-bond acceptors (Lipinski definition) is 2. The van der Waals surface area contributed by atoms with Gasteiger partial charge in [-0.05, 0) is 5.41 Å². The van der Waals surface area contributed by atoms with Crippen LogP contribution in [0.2, 0.25) is 0 Å². The van der Waals surface area contributed by atoms with Gasteiger partial charge in [0.15, 0.2) is 0 Å². The van der Waals surface area contributed by atoms with Crippen molar-refractivity contribution in [1.29, 1.82) is 0 Å². The Labute approximate surface area is 82.6 Å². The fraction of sp³-hybridized carbons (Fsp3) is 0.600. The molecule has 1 heterocycles. The van der Waals surface area contributed by atoms with Crippen LogP contribution in [0.25, 0.3) is 0 Å². The van der Waals surface area contributed by atoms with Gasteiger partial charge in [0.25, 0.3) is 0 Å². The van der Waals surface area contributed by atoms with E-state index in [-0.39, 0.29) is 17.3 Å². The second kappa shape index (κ2) is 2.59. The third-order valence-corrected chi connectivity index (χ3v) is 3.23. The molecule has 0 spiro atoms. The molecular weight excluding hydrogens is 180 g/mol. The van der Waals surface area contributed by atoms with E-state index in [4.69, 9.17) is 5.11 Å². The normalized spacial score (nSPS) is 28.8. The summed E-state index contributed by atoms with van der Waals surface area (Å²) in [6, 6.07) is 0. The van der Waals surface area contributed by atoms with Gasteiger partial charge in [0.2, 0.25) is 0 Å². The molecule has 1 aliphatic rings. The van der Waals surface area contributed by atoms with Gasteiger partial charge >= 0.3 is 5.97 Å². The highest BCUT2D eigenvalue weighted by molar-refractivity contribution is 5.77. The number of carbonyl (C=O) groups is 1. The van der Waals surface area contributed by atoms with Crippen molar-refractivity contribution < 1.29 is 9.90 Å². The van der Waals surface area contributed by atoms with Crippen LogP contribution in [0.15, 0.2) is 12.4 Å². The van der Waals surface area contributed by atoms with Gasteiger partial charge in [-0.1, -0.05) is 13.8 Å². The highest BCUT2D eigenvalue weighted by atomic mass is 16.4. The maximum Gasteiger partial charge on any atom is 0.307 e. The molecule has 0 saturated heterocycles. The Kier molecular flexibility index (Phi) is 1.71. The molecule has 1 N–H and O–H groups in total. The monoisotopic (exact) mass is 194 g/mol. The molecule has 1 aromatic heterocycles. The van der Waals surface area contributed by atoms with Crippen LogP contribution < -0.4 is 0 Å². The van der Waals surface area contributed by atoms with Crippen molar-refractivity contribution in [2.45, 2.75) is 19.8 Å². The molecule has 4 heteroatoms. The van der Waals surface area contributed by atoms with Crippen LogP contribution in [0, 0.1) is 11.3 Å². The van der Waals surface area contributed by atoms with Crippen LogP contribution in [0.4, 0.5) is 0 Å². The second-order valence-electron chi connectivity index (χ2n) is 4.51. The van der Waals surface area contributed by atoms with Crippen LogP contribution in [0.5, 0.6) is 0 Å². The molecule has 4 nitrogen and oxygen atoms in total. The minimum atomic E-state index is -0.719. The Morgan fingerprint density at radius 1 is 1.64 bits per heavy atom. The van der Waals surface area contributed by atoms with Gasteiger partial charge in [0, 0.05) is 25.4 Å². The minimum absolute atomic E-state index is 0.0556. The van der Waals surface area contributed by atoms with Crippen molar-refractivity contribution in [1.82, 2.24) is 9.55 Å². The molecule has 0 unspecified atom stereocenters. The van der Waals surface area contributed by atoms with Crippen LogP contribution >= 0.6 is 0 Å². The first kappa shape index (κ1) is 9.24. The molecule has 1 aromatic rings. The molecule has 1 fully saturated rings. The molecule has 0 aromatic carbocycles. The maximum absolute atomic E-state index is 11.0. The quantitative estimate of drug-likeness (QED) is 0.770. The van der Waals surface area contributed by atoms with Gasteiger partial charge in [-0.3, -0.25) is 4.79 Å². The molecule has 0 aliphatic heterocycles. The lowest BCUT2D eigenvalue weighted by Crippen LogP contribution is -2.03. The first-order valence-corrected chi connectivity index (χ1v) is 4.66. The van der Waals surface area contributed by atoms with Crippen molar-refractivity contribution in [3.63, 3.8) is 0 Å². The summed E-state index contributed by atoms with van der Waals surface area (Å²) in [4.78, 5) is 15.2. The third-order valence-electron chi connectivity index (χ3n) is 3.23.